The fourth-order valence-electron chi connectivity index (χ4n) is 3.43. The molecule has 0 fully saturated rings. The van der Waals surface area contributed by atoms with Crippen LogP contribution in [0.25, 0.3) is 0 Å². The number of hydrogen-bond acceptors (Lipinski definition) is 6. The Bertz CT molecular complexity index is 1280. The van der Waals surface area contributed by atoms with Crippen LogP contribution < -0.4 is 18.5 Å². The number of methoxy groups -OCH3 is 3. The summed E-state index contributed by atoms with van der Waals surface area (Å²) in [5, 5.41) is 0.226. The molecule has 1 amide bonds. The number of carbonyl (C=O) groups excluding carboxylic acids is 1. The Morgan fingerprint density at radius 2 is 1.49 bits per heavy atom. The van der Waals surface area contributed by atoms with Gasteiger partial charge >= 0.3 is 0 Å². The molecule has 0 spiro atoms. The van der Waals surface area contributed by atoms with Gasteiger partial charge in [-0.25, -0.2) is 8.42 Å². The van der Waals surface area contributed by atoms with Gasteiger partial charge in [-0.3, -0.25) is 9.10 Å². The molecule has 0 saturated heterocycles. The SMILES string of the molecule is COc1ccc(N(CC(=O)N(C)Cc2ccc(OC)c(OC)c2)S(=O)(=O)c2ccccc2)cc1Cl. The molecule has 35 heavy (non-hydrogen) atoms. The molecule has 186 valence electrons. The van der Waals surface area contributed by atoms with Gasteiger partial charge in [0, 0.05) is 13.6 Å². The van der Waals surface area contributed by atoms with Crippen molar-refractivity contribution in [2.45, 2.75) is 11.4 Å². The average molecular weight is 519 g/mol. The third-order valence-electron chi connectivity index (χ3n) is 5.33. The zero-order valence-corrected chi connectivity index (χ0v) is 21.5. The van der Waals surface area contributed by atoms with Crippen LogP contribution in [0.4, 0.5) is 5.69 Å². The van der Waals surface area contributed by atoms with Crippen LogP contribution in [0.5, 0.6) is 17.2 Å². The van der Waals surface area contributed by atoms with Crippen LogP contribution in [0.2, 0.25) is 5.02 Å². The number of anilines is 1. The van der Waals surface area contributed by atoms with E-state index >= 15 is 0 Å². The summed E-state index contributed by atoms with van der Waals surface area (Å²) in [6.45, 7) is -0.189. The van der Waals surface area contributed by atoms with Crippen molar-refractivity contribution in [2.24, 2.45) is 0 Å². The second kappa shape index (κ2) is 11.3. The van der Waals surface area contributed by atoms with Crippen molar-refractivity contribution in [2.75, 3.05) is 39.2 Å². The van der Waals surface area contributed by atoms with E-state index in [-0.39, 0.29) is 22.2 Å². The number of sulfonamides is 1. The Hall–Kier alpha value is -3.43. The summed E-state index contributed by atoms with van der Waals surface area (Å²) in [5.74, 6) is 1.09. The molecule has 3 aromatic rings. The molecule has 10 heteroatoms. The van der Waals surface area contributed by atoms with Crippen LogP contribution in [0.1, 0.15) is 5.56 Å². The molecule has 3 aromatic carbocycles. The van der Waals surface area contributed by atoms with Gasteiger partial charge in [-0.1, -0.05) is 35.9 Å². The number of rotatable bonds is 10. The Labute approximate surface area is 210 Å². The maximum Gasteiger partial charge on any atom is 0.264 e. The molecule has 0 saturated carbocycles. The third kappa shape index (κ3) is 5.98. The van der Waals surface area contributed by atoms with E-state index in [1.54, 1.807) is 56.6 Å². The van der Waals surface area contributed by atoms with Crippen molar-refractivity contribution >= 4 is 33.2 Å². The van der Waals surface area contributed by atoms with Gasteiger partial charge in [0.1, 0.15) is 12.3 Å². The highest BCUT2D eigenvalue weighted by Crippen LogP contribution is 2.32. The zero-order chi connectivity index (χ0) is 25.6. The molecule has 0 heterocycles. The Morgan fingerprint density at radius 3 is 2.09 bits per heavy atom. The van der Waals surface area contributed by atoms with E-state index in [9.17, 15) is 13.2 Å². The van der Waals surface area contributed by atoms with Crippen molar-refractivity contribution in [1.29, 1.82) is 0 Å². The van der Waals surface area contributed by atoms with Crippen LogP contribution in [-0.2, 0) is 21.4 Å². The minimum absolute atomic E-state index is 0.0577. The largest absolute Gasteiger partial charge is 0.495 e. The van der Waals surface area contributed by atoms with Gasteiger partial charge in [0.25, 0.3) is 10.0 Å². The van der Waals surface area contributed by atoms with E-state index in [0.29, 0.717) is 17.2 Å². The lowest BCUT2D eigenvalue weighted by atomic mass is 10.2. The second-order valence-corrected chi connectivity index (χ2v) is 9.85. The minimum Gasteiger partial charge on any atom is -0.495 e. The molecule has 0 unspecified atom stereocenters. The normalized spacial score (nSPS) is 11.0. The molecule has 0 bridgehead atoms. The van der Waals surface area contributed by atoms with E-state index in [1.165, 1.54) is 37.3 Å². The first-order chi connectivity index (χ1) is 16.7. The number of likely N-dealkylation sites (N-methyl/N-ethyl adjacent to an activating group) is 1. The fourth-order valence-corrected chi connectivity index (χ4v) is 5.11. The third-order valence-corrected chi connectivity index (χ3v) is 7.41. The zero-order valence-electron chi connectivity index (χ0n) is 19.9. The molecule has 0 aliphatic heterocycles. The standard InChI is InChI=1S/C25H27ClN2O6S/c1-27(16-18-10-12-23(33-3)24(14-18)34-4)25(29)17-28(19-11-13-22(32-2)21(26)15-19)35(30,31)20-8-6-5-7-9-20/h5-15H,16-17H2,1-4H3. The number of halogens is 1. The fraction of sp³-hybridized carbons (Fsp3) is 0.240. The summed E-state index contributed by atoms with van der Waals surface area (Å²) in [6, 6.07) is 17.8. The smallest absolute Gasteiger partial charge is 0.264 e. The number of benzene rings is 3. The highest BCUT2D eigenvalue weighted by Gasteiger charge is 2.29. The first kappa shape index (κ1) is 26.2. The summed E-state index contributed by atoms with van der Waals surface area (Å²) in [7, 11) is 2.08. The summed E-state index contributed by atoms with van der Waals surface area (Å²) in [5.41, 5.74) is 1.04. The van der Waals surface area contributed by atoms with Gasteiger partial charge in [0.05, 0.1) is 36.9 Å². The predicted molar refractivity (Wildman–Crippen MR) is 135 cm³/mol. The summed E-state index contributed by atoms with van der Waals surface area (Å²) in [4.78, 5) is 14.7. The molecule has 0 N–H and O–H groups in total. The highest BCUT2D eigenvalue weighted by atomic mass is 35.5. The molecular weight excluding hydrogens is 492 g/mol. The molecule has 0 aromatic heterocycles. The number of carbonyl (C=O) groups is 1. The average Bonchev–Trinajstić information content (AvgIpc) is 2.87. The lowest BCUT2D eigenvalue weighted by molar-refractivity contribution is -0.128. The van der Waals surface area contributed by atoms with Crippen molar-refractivity contribution in [1.82, 2.24) is 4.90 Å². The lowest BCUT2D eigenvalue weighted by Crippen LogP contribution is -2.41. The summed E-state index contributed by atoms with van der Waals surface area (Å²) >= 11 is 6.27. The topological polar surface area (TPSA) is 85.4 Å². The minimum atomic E-state index is -4.06. The van der Waals surface area contributed by atoms with E-state index in [2.05, 4.69) is 0 Å². The van der Waals surface area contributed by atoms with E-state index in [1.807, 2.05) is 6.07 Å². The number of amides is 1. The lowest BCUT2D eigenvalue weighted by Gasteiger charge is -2.27. The summed E-state index contributed by atoms with van der Waals surface area (Å²) in [6.07, 6.45) is 0. The van der Waals surface area contributed by atoms with Gasteiger partial charge in [-0.15, -0.1) is 0 Å². The van der Waals surface area contributed by atoms with Crippen molar-refractivity contribution in [3.63, 3.8) is 0 Å². The monoisotopic (exact) mass is 518 g/mol. The van der Waals surface area contributed by atoms with Gasteiger partial charge in [0.2, 0.25) is 5.91 Å². The highest BCUT2D eigenvalue weighted by molar-refractivity contribution is 7.92. The van der Waals surface area contributed by atoms with Crippen LogP contribution in [-0.4, -0.2) is 54.1 Å². The van der Waals surface area contributed by atoms with Crippen LogP contribution in [0.15, 0.2) is 71.6 Å². The molecule has 0 radical (unpaired) electrons. The maximum atomic E-state index is 13.5. The first-order valence-corrected chi connectivity index (χ1v) is 12.4. The van der Waals surface area contributed by atoms with Gasteiger partial charge in [-0.05, 0) is 48.0 Å². The van der Waals surface area contributed by atoms with E-state index in [4.69, 9.17) is 25.8 Å². The maximum absolute atomic E-state index is 13.5. The predicted octanol–water partition coefficient (Wildman–Crippen LogP) is 4.22. The van der Waals surface area contributed by atoms with E-state index in [0.717, 1.165) is 9.87 Å². The number of nitrogens with zero attached hydrogens (tertiary/aromatic N) is 2. The molecule has 3 rings (SSSR count). The first-order valence-electron chi connectivity index (χ1n) is 10.6. The van der Waals surface area contributed by atoms with Gasteiger partial charge in [0.15, 0.2) is 11.5 Å². The van der Waals surface area contributed by atoms with Gasteiger partial charge in [-0.2, -0.15) is 0 Å². The molecule has 8 nitrogen and oxygen atoms in total. The summed E-state index contributed by atoms with van der Waals surface area (Å²) < 4.78 is 43.8. The molecule has 0 atom stereocenters. The van der Waals surface area contributed by atoms with Crippen molar-refractivity contribution in [3.8, 4) is 17.2 Å². The quantitative estimate of drug-likeness (QED) is 0.399. The Morgan fingerprint density at radius 1 is 0.857 bits per heavy atom. The van der Waals surface area contributed by atoms with Crippen molar-refractivity contribution < 1.29 is 27.4 Å². The molecule has 0 aliphatic rings. The van der Waals surface area contributed by atoms with Crippen LogP contribution >= 0.6 is 11.6 Å². The van der Waals surface area contributed by atoms with Crippen LogP contribution in [0.3, 0.4) is 0 Å². The van der Waals surface area contributed by atoms with Crippen molar-refractivity contribution in [3.05, 3.63) is 77.3 Å². The number of hydrogen-bond donors (Lipinski definition) is 0. The molecule has 0 aliphatic carbocycles. The van der Waals surface area contributed by atoms with Gasteiger partial charge < -0.3 is 19.1 Å². The van der Waals surface area contributed by atoms with E-state index < -0.39 is 22.5 Å². The molecular formula is C25H27ClN2O6S. The van der Waals surface area contributed by atoms with Crippen LogP contribution in [0, 0.1) is 0 Å². The number of ether oxygens (including phenoxy) is 3. The second-order valence-electron chi connectivity index (χ2n) is 7.58. The Kier molecular flexibility index (Phi) is 8.48. The Balaban J connectivity index is 1.91.